The number of likely N-dealkylation sites (N-methyl/N-ethyl adjacent to an activating group) is 1. The Morgan fingerprint density at radius 2 is 2.06 bits per heavy atom. The van der Waals surface area contributed by atoms with E-state index in [1.165, 1.54) is 19.1 Å². The van der Waals surface area contributed by atoms with Crippen LogP contribution in [0.2, 0.25) is 0 Å². The van der Waals surface area contributed by atoms with Crippen molar-refractivity contribution in [1.29, 1.82) is 10.7 Å². The lowest BCUT2D eigenvalue weighted by atomic mass is 10.0. The summed E-state index contributed by atoms with van der Waals surface area (Å²) in [6.45, 7) is 0.424. The summed E-state index contributed by atoms with van der Waals surface area (Å²) in [5, 5.41) is 31.4. The number of hydrogen-bond acceptors (Lipinski definition) is 8. The normalized spacial score (nSPS) is 17.6. The standard InChI is InChI=1S/C23H23N5O4/c1-28-10-8-23(30,22(28)29)7-6-15-11-16(14-24)13-17(12-15)27-20-18(5-4-9-26-20)19(25)21(31-2)32-3/h4-5,9,11-13,21,25,30H,8,10H2,1-3H3,(H,26,27). The molecule has 1 unspecified atom stereocenters. The molecule has 1 saturated heterocycles. The average molecular weight is 433 g/mol. The second kappa shape index (κ2) is 9.58. The molecule has 0 bridgehead atoms. The second-order valence-electron chi connectivity index (χ2n) is 7.24. The molecule has 0 saturated carbocycles. The highest BCUT2D eigenvalue weighted by molar-refractivity contribution is 6.05. The first-order chi connectivity index (χ1) is 15.3. The number of hydrogen-bond donors (Lipinski definition) is 3. The predicted octanol–water partition coefficient (Wildman–Crippen LogP) is 1.63. The highest BCUT2D eigenvalue weighted by Crippen LogP contribution is 2.24. The minimum absolute atomic E-state index is 0.0770. The van der Waals surface area contributed by atoms with Crippen LogP contribution in [-0.4, -0.2) is 66.3 Å². The molecule has 1 aliphatic rings. The molecule has 32 heavy (non-hydrogen) atoms. The molecule has 0 spiro atoms. The van der Waals surface area contributed by atoms with E-state index in [4.69, 9.17) is 14.9 Å². The zero-order valence-electron chi connectivity index (χ0n) is 18.0. The number of nitrogens with zero attached hydrogens (tertiary/aromatic N) is 3. The first kappa shape index (κ1) is 22.9. The van der Waals surface area contributed by atoms with Crippen LogP contribution in [0.4, 0.5) is 11.5 Å². The number of nitriles is 1. The van der Waals surface area contributed by atoms with E-state index >= 15 is 0 Å². The van der Waals surface area contributed by atoms with Gasteiger partial charge in [-0.15, -0.1) is 0 Å². The Bertz CT molecular complexity index is 1140. The number of nitrogens with one attached hydrogen (secondary N) is 2. The lowest BCUT2D eigenvalue weighted by molar-refractivity contribution is -0.137. The van der Waals surface area contributed by atoms with Gasteiger partial charge in [-0.25, -0.2) is 4.98 Å². The summed E-state index contributed by atoms with van der Waals surface area (Å²) in [5.74, 6) is 5.39. The third-order valence-electron chi connectivity index (χ3n) is 5.01. The quantitative estimate of drug-likeness (QED) is 0.358. The Morgan fingerprint density at radius 3 is 2.69 bits per heavy atom. The van der Waals surface area contributed by atoms with Gasteiger partial charge in [0.2, 0.25) is 11.9 Å². The predicted molar refractivity (Wildman–Crippen MR) is 117 cm³/mol. The summed E-state index contributed by atoms with van der Waals surface area (Å²) in [5.41, 5.74) is 0.0956. The molecule has 1 aromatic carbocycles. The molecule has 9 nitrogen and oxygen atoms in total. The summed E-state index contributed by atoms with van der Waals surface area (Å²) in [7, 11) is 4.49. The smallest absolute Gasteiger partial charge is 0.267 e. The first-order valence-corrected chi connectivity index (χ1v) is 9.74. The average Bonchev–Trinajstić information content (AvgIpc) is 3.06. The fourth-order valence-corrected chi connectivity index (χ4v) is 3.30. The minimum atomic E-state index is -1.73. The molecule has 0 aliphatic carbocycles. The first-order valence-electron chi connectivity index (χ1n) is 9.74. The van der Waals surface area contributed by atoms with Gasteiger partial charge in [-0.2, -0.15) is 5.26 Å². The van der Waals surface area contributed by atoms with E-state index in [0.717, 1.165) is 0 Å². The van der Waals surface area contributed by atoms with Crippen LogP contribution in [0.15, 0.2) is 36.5 Å². The number of aliphatic hydroxyl groups is 1. The molecule has 3 rings (SSSR count). The van der Waals surface area contributed by atoms with Gasteiger partial charge in [-0.1, -0.05) is 11.8 Å². The Morgan fingerprint density at radius 1 is 1.34 bits per heavy atom. The van der Waals surface area contributed by atoms with E-state index in [0.29, 0.717) is 34.7 Å². The topological polar surface area (TPSA) is 132 Å². The van der Waals surface area contributed by atoms with Gasteiger partial charge in [0.05, 0.1) is 17.3 Å². The summed E-state index contributed by atoms with van der Waals surface area (Å²) >= 11 is 0. The van der Waals surface area contributed by atoms with E-state index in [1.54, 1.807) is 43.6 Å². The van der Waals surface area contributed by atoms with E-state index in [-0.39, 0.29) is 12.1 Å². The summed E-state index contributed by atoms with van der Waals surface area (Å²) in [4.78, 5) is 17.9. The van der Waals surface area contributed by atoms with Gasteiger partial charge < -0.3 is 24.8 Å². The van der Waals surface area contributed by atoms with Gasteiger partial charge >= 0.3 is 0 Å². The number of methoxy groups -OCH3 is 2. The highest BCUT2D eigenvalue weighted by atomic mass is 16.7. The van der Waals surface area contributed by atoms with Crippen LogP contribution >= 0.6 is 0 Å². The second-order valence-corrected chi connectivity index (χ2v) is 7.24. The number of anilines is 2. The number of pyridine rings is 1. The molecule has 0 radical (unpaired) electrons. The van der Waals surface area contributed by atoms with Crippen LogP contribution in [0.1, 0.15) is 23.1 Å². The van der Waals surface area contributed by atoms with Gasteiger partial charge in [0, 0.05) is 57.2 Å². The van der Waals surface area contributed by atoms with Crippen LogP contribution in [-0.2, 0) is 14.3 Å². The van der Waals surface area contributed by atoms with Gasteiger partial charge in [0.15, 0.2) is 0 Å². The Hall–Kier alpha value is -3.76. The third-order valence-corrected chi connectivity index (χ3v) is 5.01. The Labute approximate surface area is 186 Å². The zero-order valence-corrected chi connectivity index (χ0v) is 18.0. The van der Waals surface area contributed by atoms with Crippen molar-refractivity contribution in [3.8, 4) is 17.9 Å². The molecular weight excluding hydrogens is 410 g/mol. The lowest BCUT2D eigenvalue weighted by Gasteiger charge is -2.17. The molecule has 1 atom stereocenters. The summed E-state index contributed by atoms with van der Waals surface area (Å²) in [6, 6.07) is 10.3. The maximum atomic E-state index is 12.1. The SMILES string of the molecule is COC(OC)C(=N)c1cccnc1Nc1cc(C#N)cc(C#CC2(O)CCN(C)C2=O)c1. The Balaban J connectivity index is 1.94. The van der Waals surface area contributed by atoms with E-state index in [1.807, 2.05) is 0 Å². The van der Waals surface area contributed by atoms with E-state index in [9.17, 15) is 15.2 Å². The van der Waals surface area contributed by atoms with Crippen LogP contribution in [0, 0.1) is 28.6 Å². The van der Waals surface area contributed by atoms with Crippen molar-refractivity contribution in [2.75, 3.05) is 33.1 Å². The van der Waals surface area contributed by atoms with E-state index in [2.05, 4.69) is 28.2 Å². The monoisotopic (exact) mass is 433 g/mol. The van der Waals surface area contributed by atoms with E-state index < -0.39 is 17.8 Å². The van der Waals surface area contributed by atoms with Crippen molar-refractivity contribution in [3.05, 3.63) is 53.2 Å². The van der Waals surface area contributed by atoms with Crippen LogP contribution in [0.3, 0.4) is 0 Å². The molecule has 1 amide bonds. The number of carbonyl (C=O) groups is 1. The molecule has 3 N–H and O–H groups in total. The molecule has 1 aliphatic heterocycles. The van der Waals surface area contributed by atoms with Crippen molar-refractivity contribution in [3.63, 3.8) is 0 Å². The number of rotatable bonds is 6. The maximum Gasteiger partial charge on any atom is 0.267 e. The van der Waals surface area contributed by atoms with Crippen molar-refractivity contribution >= 4 is 23.1 Å². The van der Waals surface area contributed by atoms with Crippen molar-refractivity contribution in [2.45, 2.75) is 18.3 Å². The molecule has 2 heterocycles. The van der Waals surface area contributed by atoms with Crippen LogP contribution < -0.4 is 5.32 Å². The summed E-state index contributed by atoms with van der Waals surface area (Å²) in [6.07, 6.45) is 0.924. The maximum absolute atomic E-state index is 12.1. The molecule has 1 aromatic heterocycles. The molecular formula is C23H23N5O4. The fourth-order valence-electron chi connectivity index (χ4n) is 3.30. The number of ether oxygens (including phenoxy) is 2. The van der Waals surface area contributed by atoms with Gasteiger partial charge in [0.25, 0.3) is 5.91 Å². The van der Waals surface area contributed by atoms with Crippen LogP contribution in [0.25, 0.3) is 0 Å². The molecule has 1 fully saturated rings. The van der Waals surface area contributed by atoms with Crippen molar-refractivity contribution < 1.29 is 19.4 Å². The molecule has 164 valence electrons. The highest BCUT2D eigenvalue weighted by Gasteiger charge is 2.42. The van der Waals surface area contributed by atoms with Gasteiger partial charge in [-0.3, -0.25) is 10.2 Å². The van der Waals surface area contributed by atoms with Gasteiger partial charge in [0.1, 0.15) is 5.82 Å². The third kappa shape index (κ3) is 4.76. The zero-order chi connectivity index (χ0) is 23.3. The Kier molecular flexibility index (Phi) is 6.86. The van der Waals surface area contributed by atoms with Crippen LogP contribution in [0.5, 0.6) is 0 Å². The lowest BCUT2D eigenvalue weighted by Crippen LogP contribution is -2.37. The number of benzene rings is 1. The number of carbonyl (C=O) groups excluding carboxylic acids is 1. The minimum Gasteiger partial charge on any atom is -0.369 e. The van der Waals surface area contributed by atoms with Gasteiger partial charge in [-0.05, 0) is 30.3 Å². The number of likely N-dealkylation sites (tertiary alicyclic amines) is 1. The fraction of sp³-hybridized carbons (Fsp3) is 0.304. The molecule has 9 heteroatoms. The van der Waals surface area contributed by atoms with Crippen molar-refractivity contribution in [1.82, 2.24) is 9.88 Å². The van der Waals surface area contributed by atoms with Crippen molar-refractivity contribution in [2.24, 2.45) is 0 Å². The number of aromatic nitrogens is 1. The molecule has 2 aromatic rings. The number of amides is 1. The largest absolute Gasteiger partial charge is 0.369 e. The summed E-state index contributed by atoms with van der Waals surface area (Å²) < 4.78 is 10.3.